The van der Waals surface area contributed by atoms with E-state index in [-0.39, 0.29) is 18.4 Å². The highest BCUT2D eigenvalue weighted by atomic mass is 19.1. The van der Waals surface area contributed by atoms with E-state index >= 15 is 0 Å². The number of nitrogen functional groups attached to an aromatic ring is 1. The Morgan fingerprint density at radius 1 is 1.53 bits per heavy atom. The first kappa shape index (κ1) is 13.0. The maximum atomic E-state index is 13.3. The van der Waals surface area contributed by atoms with E-state index in [2.05, 4.69) is 4.99 Å². The molecule has 0 heterocycles. The SMILES string of the molecule is C/C=C(/C)OC(N)=NCc1cc(N)ccc1F. The van der Waals surface area contributed by atoms with Crippen LogP contribution in [-0.4, -0.2) is 6.02 Å². The normalized spacial score (nSPS) is 12.6. The molecule has 0 atom stereocenters. The van der Waals surface area contributed by atoms with Gasteiger partial charge in [0.15, 0.2) is 0 Å². The number of nitrogens with zero attached hydrogens (tertiary/aromatic N) is 1. The number of hydrogen-bond donors (Lipinski definition) is 2. The third kappa shape index (κ3) is 4.14. The Bertz CT molecular complexity index is 455. The summed E-state index contributed by atoms with van der Waals surface area (Å²) < 4.78 is 18.5. The van der Waals surface area contributed by atoms with Crippen molar-refractivity contribution in [1.29, 1.82) is 0 Å². The van der Waals surface area contributed by atoms with Crippen LogP contribution in [0.5, 0.6) is 0 Å². The highest BCUT2D eigenvalue weighted by Gasteiger charge is 2.02. The van der Waals surface area contributed by atoms with Crippen molar-refractivity contribution in [2.24, 2.45) is 10.7 Å². The van der Waals surface area contributed by atoms with Gasteiger partial charge in [-0.3, -0.25) is 0 Å². The molecule has 4 nitrogen and oxygen atoms in total. The Labute approximate surface area is 99.8 Å². The maximum absolute atomic E-state index is 13.3. The van der Waals surface area contributed by atoms with Crippen LogP contribution in [0.4, 0.5) is 10.1 Å². The molecule has 0 radical (unpaired) electrons. The van der Waals surface area contributed by atoms with Crippen molar-refractivity contribution < 1.29 is 9.13 Å². The molecule has 0 spiro atoms. The average molecular weight is 237 g/mol. The Morgan fingerprint density at radius 2 is 2.24 bits per heavy atom. The molecule has 0 aliphatic carbocycles. The molecule has 0 unspecified atom stereocenters. The lowest BCUT2D eigenvalue weighted by Gasteiger charge is -2.05. The third-order valence-corrected chi connectivity index (χ3v) is 2.15. The van der Waals surface area contributed by atoms with Gasteiger partial charge >= 0.3 is 0 Å². The predicted molar refractivity (Wildman–Crippen MR) is 66.7 cm³/mol. The van der Waals surface area contributed by atoms with Crippen LogP contribution < -0.4 is 11.5 Å². The van der Waals surface area contributed by atoms with Crippen LogP contribution in [0.3, 0.4) is 0 Å². The lowest BCUT2D eigenvalue weighted by atomic mass is 10.2. The molecule has 1 rings (SSSR count). The first-order valence-electron chi connectivity index (χ1n) is 5.17. The summed E-state index contributed by atoms with van der Waals surface area (Å²) in [4.78, 5) is 3.92. The lowest BCUT2D eigenvalue weighted by molar-refractivity contribution is 0.406. The summed E-state index contributed by atoms with van der Waals surface area (Å²) in [6, 6.07) is 4.32. The van der Waals surface area contributed by atoms with E-state index in [9.17, 15) is 4.39 Å². The largest absolute Gasteiger partial charge is 0.431 e. The monoisotopic (exact) mass is 237 g/mol. The minimum absolute atomic E-state index is 0.00224. The summed E-state index contributed by atoms with van der Waals surface area (Å²) in [5, 5.41) is 0. The van der Waals surface area contributed by atoms with Crippen LogP contribution in [-0.2, 0) is 11.3 Å². The van der Waals surface area contributed by atoms with Gasteiger partial charge in [0.25, 0.3) is 6.02 Å². The molecule has 4 N–H and O–H groups in total. The van der Waals surface area contributed by atoms with Gasteiger partial charge in [0.2, 0.25) is 0 Å². The minimum atomic E-state index is -0.362. The van der Waals surface area contributed by atoms with Crippen LogP contribution in [0.15, 0.2) is 35.0 Å². The molecule has 0 bridgehead atoms. The topological polar surface area (TPSA) is 73.6 Å². The second kappa shape index (κ2) is 5.89. The van der Waals surface area contributed by atoms with Gasteiger partial charge < -0.3 is 16.2 Å². The van der Waals surface area contributed by atoms with Crippen molar-refractivity contribution in [3.8, 4) is 0 Å². The molecular formula is C12H16FN3O. The molecule has 0 fully saturated rings. The van der Waals surface area contributed by atoms with Gasteiger partial charge in [-0.05, 0) is 38.1 Å². The summed E-state index contributed by atoms with van der Waals surface area (Å²) >= 11 is 0. The molecule has 1 aromatic carbocycles. The Morgan fingerprint density at radius 3 is 2.88 bits per heavy atom. The van der Waals surface area contributed by atoms with E-state index in [0.29, 0.717) is 17.0 Å². The standard InChI is InChI=1S/C12H16FN3O/c1-3-8(2)17-12(15)16-7-9-6-10(14)4-5-11(9)13/h3-6H,7,14H2,1-2H3,(H2,15,16)/b8-3-. The number of amidine groups is 1. The highest BCUT2D eigenvalue weighted by molar-refractivity contribution is 5.72. The van der Waals surface area contributed by atoms with E-state index in [1.807, 2.05) is 6.92 Å². The van der Waals surface area contributed by atoms with Crippen LogP contribution >= 0.6 is 0 Å². The van der Waals surface area contributed by atoms with Gasteiger partial charge in [-0.25, -0.2) is 9.38 Å². The van der Waals surface area contributed by atoms with Gasteiger partial charge in [0, 0.05) is 11.3 Å². The molecule has 5 heteroatoms. The molecule has 17 heavy (non-hydrogen) atoms. The predicted octanol–water partition coefficient (Wildman–Crippen LogP) is 2.16. The molecule has 0 saturated heterocycles. The molecule has 92 valence electrons. The quantitative estimate of drug-likeness (QED) is 0.366. The van der Waals surface area contributed by atoms with Crippen molar-refractivity contribution in [1.82, 2.24) is 0 Å². The average Bonchev–Trinajstić information content (AvgIpc) is 2.30. The number of allylic oxidation sites excluding steroid dienone is 2. The Balaban J connectivity index is 2.72. The molecule has 0 amide bonds. The Hall–Kier alpha value is -2.04. The number of benzene rings is 1. The molecular weight excluding hydrogens is 221 g/mol. The van der Waals surface area contributed by atoms with Crippen molar-refractivity contribution in [3.63, 3.8) is 0 Å². The van der Waals surface area contributed by atoms with E-state index in [4.69, 9.17) is 16.2 Å². The summed E-state index contributed by atoms with van der Waals surface area (Å²) in [6.07, 6.45) is 1.75. The van der Waals surface area contributed by atoms with Crippen LogP contribution in [0, 0.1) is 5.82 Å². The molecule has 0 saturated carbocycles. The lowest BCUT2D eigenvalue weighted by Crippen LogP contribution is -2.15. The number of nitrogens with two attached hydrogens (primary N) is 2. The number of aliphatic imine (C=N–C) groups is 1. The summed E-state index contributed by atoms with van der Waals surface area (Å²) in [5.74, 6) is 0.276. The summed E-state index contributed by atoms with van der Waals surface area (Å²) in [6.45, 7) is 3.67. The molecule has 0 aliphatic rings. The van der Waals surface area contributed by atoms with Crippen molar-refractivity contribution in [2.75, 3.05) is 5.73 Å². The fraction of sp³-hybridized carbons (Fsp3) is 0.250. The fourth-order valence-electron chi connectivity index (χ4n) is 1.14. The molecule has 1 aromatic rings. The number of anilines is 1. The summed E-state index contributed by atoms with van der Waals surface area (Å²) in [7, 11) is 0. The van der Waals surface area contributed by atoms with E-state index in [1.165, 1.54) is 18.2 Å². The maximum Gasteiger partial charge on any atom is 0.287 e. The smallest absolute Gasteiger partial charge is 0.287 e. The zero-order valence-corrected chi connectivity index (χ0v) is 9.90. The zero-order valence-electron chi connectivity index (χ0n) is 9.90. The third-order valence-electron chi connectivity index (χ3n) is 2.15. The minimum Gasteiger partial charge on any atom is -0.431 e. The number of rotatable bonds is 3. The van der Waals surface area contributed by atoms with E-state index < -0.39 is 0 Å². The van der Waals surface area contributed by atoms with Crippen molar-refractivity contribution in [2.45, 2.75) is 20.4 Å². The number of ether oxygens (including phenoxy) is 1. The van der Waals surface area contributed by atoms with E-state index in [1.54, 1.807) is 13.0 Å². The van der Waals surface area contributed by atoms with Gasteiger partial charge in [-0.2, -0.15) is 0 Å². The van der Waals surface area contributed by atoms with Crippen LogP contribution in [0.2, 0.25) is 0 Å². The number of hydrogen-bond acceptors (Lipinski definition) is 3. The van der Waals surface area contributed by atoms with Crippen molar-refractivity contribution >= 4 is 11.7 Å². The Kier molecular flexibility index (Phi) is 4.51. The van der Waals surface area contributed by atoms with Gasteiger partial charge in [-0.1, -0.05) is 0 Å². The summed E-state index contributed by atoms with van der Waals surface area (Å²) in [5.41, 5.74) is 11.9. The first-order chi connectivity index (χ1) is 8.02. The molecule has 0 aromatic heterocycles. The van der Waals surface area contributed by atoms with Crippen molar-refractivity contribution in [3.05, 3.63) is 41.4 Å². The fourth-order valence-corrected chi connectivity index (χ4v) is 1.14. The van der Waals surface area contributed by atoms with Crippen LogP contribution in [0.25, 0.3) is 0 Å². The van der Waals surface area contributed by atoms with Gasteiger partial charge in [-0.15, -0.1) is 0 Å². The highest BCUT2D eigenvalue weighted by Crippen LogP contribution is 2.13. The zero-order chi connectivity index (χ0) is 12.8. The van der Waals surface area contributed by atoms with Crippen LogP contribution in [0.1, 0.15) is 19.4 Å². The first-order valence-corrected chi connectivity index (χ1v) is 5.17. The molecule has 0 aliphatic heterocycles. The second-order valence-electron chi connectivity index (χ2n) is 3.51. The second-order valence-corrected chi connectivity index (χ2v) is 3.51. The van der Waals surface area contributed by atoms with E-state index in [0.717, 1.165) is 0 Å². The van der Waals surface area contributed by atoms with Gasteiger partial charge in [0.1, 0.15) is 11.6 Å². The van der Waals surface area contributed by atoms with Gasteiger partial charge in [0.05, 0.1) is 6.54 Å². The number of halogens is 1.